The van der Waals surface area contributed by atoms with Crippen LogP contribution in [0.1, 0.15) is 18.1 Å². The molecule has 4 N–H and O–H groups in total. The number of rotatable bonds is 7. The van der Waals surface area contributed by atoms with Gasteiger partial charge < -0.3 is 20.9 Å². The van der Waals surface area contributed by atoms with Crippen LogP contribution in [-0.4, -0.2) is 28.6 Å². The fourth-order valence-electron chi connectivity index (χ4n) is 2.60. The molecule has 0 aliphatic rings. The summed E-state index contributed by atoms with van der Waals surface area (Å²) < 4.78 is 12.7. The number of nitrogens with zero attached hydrogens (tertiary/aromatic N) is 4. The summed E-state index contributed by atoms with van der Waals surface area (Å²) in [6, 6.07) is 12.4. The molecule has 0 amide bonds. The van der Waals surface area contributed by atoms with E-state index in [-0.39, 0.29) is 16.7 Å². The monoisotopic (exact) mass is 440 g/mol. The minimum absolute atomic E-state index is 0.101. The Kier molecular flexibility index (Phi) is 6.88. The summed E-state index contributed by atoms with van der Waals surface area (Å²) in [4.78, 5) is 12.7. The highest BCUT2D eigenvalue weighted by Gasteiger charge is 2.15. The highest BCUT2D eigenvalue weighted by molar-refractivity contribution is 6.31. The van der Waals surface area contributed by atoms with Crippen LogP contribution < -0.4 is 26.5 Å². The Balaban J connectivity index is 1.91. The molecule has 0 atom stereocenters. The molecule has 3 rings (SSSR count). The molecule has 2 aromatic carbocycles. The first-order valence-corrected chi connectivity index (χ1v) is 9.68. The van der Waals surface area contributed by atoms with Gasteiger partial charge in [-0.05, 0) is 49.7 Å². The van der Waals surface area contributed by atoms with Gasteiger partial charge >= 0.3 is 0 Å². The Morgan fingerprint density at radius 3 is 2.58 bits per heavy atom. The van der Waals surface area contributed by atoms with E-state index < -0.39 is 5.56 Å². The lowest BCUT2D eigenvalue weighted by atomic mass is 10.2. The maximum Gasteiger partial charge on any atom is 0.294 e. The van der Waals surface area contributed by atoms with Crippen LogP contribution in [0.4, 0.5) is 0 Å². The van der Waals surface area contributed by atoms with Gasteiger partial charge in [0.25, 0.3) is 5.56 Å². The molecule has 0 unspecified atom stereocenters. The lowest BCUT2D eigenvalue weighted by Gasteiger charge is -2.13. The second kappa shape index (κ2) is 9.77. The van der Waals surface area contributed by atoms with Gasteiger partial charge in [0.05, 0.1) is 24.7 Å². The van der Waals surface area contributed by atoms with E-state index in [0.29, 0.717) is 29.4 Å². The molecular weight excluding hydrogens is 420 g/mol. The summed E-state index contributed by atoms with van der Waals surface area (Å²) in [7, 11) is 0. The number of benzene rings is 2. The second-order valence-electron chi connectivity index (χ2n) is 6.39. The van der Waals surface area contributed by atoms with Crippen molar-refractivity contribution in [3.05, 3.63) is 75.2 Å². The van der Waals surface area contributed by atoms with Crippen LogP contribution in [0.15, 0.2) is 63.7 Å². The van der Waals surface area contributed by atoms with Gasteiger partial charge in [0.1, 0.15) is 0 Å². The van der Waals surface area contributed by atoms with E-state index in [2.05, 4.69) is 15.3 Å². The van der Waals surface area contributed by atoms with Crippen molar-refractivity contribution in [1.82, 2.24) is 9.78 Å². The van der Waals surface area contributed by atoms with Gasteiger partial charge in [0.15, 0.2) is 22.3 Å². The Bertz CT molecular complexity index is 1180. The van der Waals surface area contributed by atoms with Crippen molar-refractivity contribution < 1.29 is 9.47 Å². The highest BCUT2D eigenvalue weighted by Crippen LogP contribution is 2.34. The fourth-order valence-corrected chi connectivity index (χ4v) is 2.76. The first kappa shape index (κ1) is 21.8. The standard InChI is InChI=1S/C21H21ClN6O3/c1-3-30-17-10-14(11-25-27-21(23)24)6-9-16(17)31-18-12-26-28(20(29)19(18)22)15-7-4-13(2)5-8-15/h4-12H,3H2,1-2H3,(H4,23,24,27). The molecular formula is C21H21ClN6O3. The highest BCUT2D eigenvalue weighted by atomic mass is 35.5. The number of halogens is 1. The largest absolute Gasteiger partial charge is 0.490 e. The van der Waals surface area contributed by atoms with Crippen LogP contribution in [-0.2, 0) is 0 Å². The van der Waals surface area contributed by atoms with Gasteiger partial charge in [0, 0.05) is 0 Å². The average Bonchev–Trinajstić information content (AvgIpc) is 2.74. The molecule has 0 saturated heterocycles. The minimum atomic E-state index is -0.498. The van der Waals surface area contributed by atoms with E-state index in [1.54, 1.807) is 30.3 Å². The molecule has 0 radical (unpaired) electrons. The number of ether oxygens (including phenoxy) is 2. The molecule has 0 spiro atoms. The Morgan fingerprint density at radius 1 is 1.16 bits per heavy atom. The Morgan fingerprint density at radius 2 is 1.90 bits per heavy atom. The molecule has 160 valence electrons. The molecule has 3 aromatic rings. The quantitative estimate of drug-likeness (QED) is 0.330. The SMILES string of the molecule is CCOc1cc(C=NN=C(N)N)ccc1Oc1cnn(-c2ccc(C)cc2)c(=O)c1Cl. The topological polar surface area (TPSA) is 130 Å². The molecule has 0 aliphatic carbocycles. The zero-order valence-electron chi connectivity index (χ0n) is 16.9. The lowest BCUT2D eigenvalue weighted by molar-refractivity contribution is 0.321. The molecule has 31 heavy (non-hydrogen) atoms. The predicted molar refractivity (Wildman–Crippen MR) is 121 cm³/mol. The summed E-state index contributed by atoms with van der Waals surface area (Å²) in [5.74, 6) is 0.744. The van der Waals surface area contributed by atoms with Gasteiger partial charge in [-0.2, -0.15) is 14.9 Å². The van der Waals surface area contributed by atoms with E-state index >= 15 is 0 Å². The Hall–Kier alpha value is -3.85. The zero-order chi connectivity index (χ0) is 22.4. The molecule has 0 fully saturated rings. The van der Waals surface area contributed by atoms with E-state index in [4.69, 9.17) is 32.5 Å². The number of guanidine groups is 1. The summed E-state index contributed by atoms with van der Waals surface area (Å²) in [5.41, 5.74) is 12.3. The van der Waals surface area contributed by atoms with Crippen molar-refractivity contribution in [2.45, 2.75) is 13.8 Å². The smallest absolute Gasteiger partial charge is 0.294 e. The van der Waals surface area contributed by atoms with E-state index in [1.165, 1.54) is 17.1 Å². The maximum absolute atomic E-state index is 12.7. The van der Waals surface area contributed by atoms with E-state index in [0.717, 1.165) is 5.56 Å². The predicted octanol–water partition coefficient (Wildman–Crippen LogP) is 2.99. The summed E-state index contributed by atoms with van der Waals surface area (Å²) in [6.45, 7) is 4.19. The zero-order valence-corrected chi connectivity index (χ0v) is 17.7. The third kappa shape index (κ3) is 5.40. The van der Waals surface area contributed by atoms with Crippen LogP contribution in [0, 0.1) is 6.92 Å². The molecule has 1 heterocycles. The second-order valence-corrected chi connectivity index (χ2v) is 6.76. The number of aromatic nitrogens is 2. The van der Waals surface area contributed by atoms with Crippen molar-refractivity contribution in [3.63, 3.8) is 0 Å². The molecule has 0 bridgehead atoms. The van der Waals surface area contributed by atoms with E-state index in [1.807, 2.05) is 26.0 Å². The third-order valence-corrected chi connectivity index (χ3v) is 4.38. The third-order valence-electron chi connectivity index (χ3n) is 4.03. The molecule has 0 saturated carbocycles. The molecule has 1 aromatic heterocycles. The molecule has 10 heteroatoms. The van der Waals surface area contributed by atoms with Crippen molar-refractivity contribution >= 4 is 23.8 Å². The lowest BCUT2D eigenvalue weighted by Crippen LogP contribution is -2.21. The number of aryl methyl sites for hydroxylation is 1. The average molecular weight is 441 g/mol. The summed E-state index contributed by atoms with van der Waals surface area (Å²) >= 11 is 6.29. The molecule has 0 aliphatic heterocycles. The van der Waals surface area contributed by atoms with E-state index in [9.17, 15) is 4.79 Å². The first-order valence-electron chi connectivity index (χ1n) is 9.30. The fraction of sp³-hybridized carbons (Fsp3) is 0.143. The van der Waals surface area contributed by atoms with Gasteiger partial charge in [-0.25, -0.2) is 0 Å². The van der Waals surface area contributed by atoms with Crippen molar-refractivity contribution in [1.29, 1.82) is 0 Å². The summed E-state index contributed by atoms with van der Waals surface area (Å²) in [6.07, 6.45) is 2.84. The van der Waals surface area contributed by atoms with Crippen LogP contribution >= 0.6 is 11.6 Å². The molecule has 9 nitrogen and oxygen atoms in total. The number of hydrogen-bond acceptors (Lipinski definition) is 6. The Labute approximate surface area is 183 Å². The van der Waals surface area contributed by atoms with Crippen LogP contribution in [0.5, 0.6) is 17.2 Å². The summed E-state index contributed by atoms with van der Waals surface area (Å²) in [5, 5.41) is 11.4. The van der Waals surface area contributed by atoms with Gasteiger partial charge in [-0.3, -0.25) is 4.79 Å². The van der Waals surface area contributed by atoms with Crippen molar-refractivity contribution in [2.75, 3.05) is 6.61 Å². The van der Waals surface area contributed by atoms with Gasteiger partial charge in [0.2, 0.25) is 5.96 Å². The van der Waals surface area contributed by atoms with Crippen molar-refractivity contribution in [2.24, 2.45) is 21.7 Å². The van der Waals surface area contributed by atoms with Crippen LogP contribution in [0.3, 0.4) is 0 Å². The van der Waals surface area contributed by atoms with Crippen LogP contribution in [0.2, 0.25) is 5.02 Å². The van der Waals surface area contributed by atoms with Gasteiger partial charge in [-0.15, -0.1) is 5.10 Å². The first-order chi connectivity index (χ1) is 14.9. The number of hydrogen-bond donors (Lipinski definition) is 2. The maximum atomic E-state index is 12.7. The van der Waals surface area contributed by atoms with Crippen molar-refractivity contribution in [3.8, 4) is 22.9 Å². The van der Waals surface area contributed by atoms with Crippen LogP contribution in [0.25, 0.3) is 5.69 Å². The van der Waals surface area contributed by atoms with Gasteiger partial charge in [-0.1, -0.05) is 29.3 Å². The normalized spacial score (nSPS) is 10.8. The minimum Gasteiger partial charge on any atom is -0.490 e. The number of nitrogens with two attached hydrogens (primary N) is 2.